The van der Waals surface area contributed by atoms with Gasteiger partial charge in [0.2, 0.25) is 0 Å². The van der Waals surface area contributed by atoms with Crippen LogP contribution in [0, 0.1) is 11.6 Å². The number of hydrogen-bond donors (Lipinski definition) is 2. The first-order chi connectivity index (χ1) is 15.1. The Bertz CT molecular complexity index is 1380. The maximum absolute atomic E-state index is 14.8. The number of rotatable bonds is 3. The summed E-state index contributed by atoms with van der Waals surface area (Å²) in [6, 6.07) is 2.91. The number of aromatic amines is 2. The number of aliphatic imine (C=N–C) groups is 1. The Hall–Kier alpha value is -3.83. The molecule has 1 aliphatic heterocycles. The summed E-state index contributed by atoms with van der Waals surface area (Å²) in [4.78, 5) is 6.91. The second kappa shape index (κ2) is 6.84. The van der Waals surface area contributed by atoms with Gasteiger partial charge in [-0.05, 0) is 12.1 Å². The Kier molecular flexibility index (Phi) is 4.29. The lowest BCUT2D eigenvalue weighted by atomic mass is 9.96. The summed E-state index contributed by atoms with van der Waals surface area (Å²) in [7, 11) is 0. The molecule has 0 saturated carbocycles. The van der Waals surface area contributed by atoms with Crippen molar-refractivity contribution in [2.24, 2.45) is 4.99 Å². The minimum atomic E-state index is -4.65. The van der Waals surface area contributed by atoms with Gasteiger partial charge in [0.1, 0.15) is 23.1 Å². The summed E-state index contributed by atoms with van der Waals surface area (Å²) in [5, 5.41) is 6.58. The van der Waals surface area contributed by atoms with E-state index in [1.54, 1.807) is 0 Å². The molecule has 4 aromatic rings. The molecular formula is C20H9F7N4O. The van der Waals surface area contributed by atoms with Gasteiger partial charge >= 0.3 is 12.8 Å². The van der Waals surface area contributed by atoms with E-state index < -0.39 is 41.3 Å². The van der Waals surface area contributed by atoms with E-state index in [1.807, 2.05) is 0 Å². The molecule has 0 aliphatic carbocycles. The highest BCUT2D eigenvalue weighted by Gasteiger charge is 2.34. The molecule has 3 heterocycles. The Morgan fingerprint density at radius 3 is 2.34 bits per heavy atom. The zero-order valence-electron chi connectivity index (χ0n) is 15.5. The molecule has 0 radical (unpaired) electrons. The molecule has 5 nitrogen and oxygen atoms in total. The summed E-state index contributed by atoms with van der Waals surface area (Å²) in [6.07, 6.45) is -2.18. The van der Waals surface area contributed by atoms with E-state index in [0.29, 0.717) is 12.1 Å². The van der Waals surface area contributed by atoms with Crippen molar-refractivity contribution in [3.05, 3.63) is 65.0 Å². The molecular weight excluding hydrogens is 445 g/mol. The third kappa shape index (κ3) is 3.10. The molecule has 12 heteroatoms. The van der Waals surface area contributed by atoms with Gasteiger partial charge in [0, 0.05) is 40.4 Å². The van der Waals surface area contributed by atoms with Gasteiger partial charge in [0.25, 0.3) is 0 Å². The average Bonchev–Trinajstić information content (AvgIpc) is 3.28. The van der Waals surface area contributed by atoms with Crippen molar-refractivity contribution in [3.8, 4) is 17.0 Å². The number of benzene rings is 2. The van der Waals surface area contributed by atoms with Gasteiger partial charge in [-0.1, -0.05) is 0 Å². The van der Waals surface area contributed by atoms with Crippen molar-refractivity contribution in [2.45, 2.75) is 12.8 Å². The topological polar surface area (TPSA) is 66.1 Å². The van der Waals surface area contributed by atoms with Gasteiger partial charge in [0.15, 0.2) is 0 Å². The fraction of sp³-hybridized carbons (Fsp3) is 0.100. The van der Waals surface area contributed by atoms with Crippen molar-refractivity contribution in [1.82, 2.24) is 15.2 Å². The van der Waals surface area contributed by atoms with Crippen molar-refractivity contribution in [1.29, 1.82) is 0 Å². The van der Waals surface area contributed by atoms with Gasteiger partial charge in [-0.25, -0.2) is 13.8 Å². The molecule has 32 heavy (non-hydrogen) atoms. The van der Waals surface area contributed by atoms with E-state index >= 15 is 0 Å². The van der Waals surface area contributed by atoms with Crippen LogP contribution in [0.3, 0.4) is 0 Å². The normalized spacial score (nSPS) is 13.3. The standard InChI is InChI=1S/C20H9F7N4O/c21-11-3-8(32-19(23)24)4-12(22)16(11)18-10-5-28-13-2-7(20(25,26)27)1-9(15(10)13)17-14(30-18)6-29-31-17/h1-6,19,28H,(H,29,31). The number of nitrogens with zero attached hydrogens (tertiary/aromatic N) is 2. The summed E-state index contributed by atoms with van der Waals surface area (Å²) >= 11 is 0. The molecule has 2 aromatic heterocycles. The Morgan fingerprint density at radius 1 is 0.969 bits per heavy atom. The minimum Gasteiger partial charge on any atom is -0.435 e. The predicted molar refractivity (Wildman–Crippen MR) is 99.2 cm³/mol. The second-order valence-electron chi connectivity index (χ2n) is 6.88. The number of hydrogen-bond acceptors (Lipinski definition) is 3. The van der Waals surface area contributed by atoms with Crippen molar-refractivity contribution < 1.29 is 35.5 Å². The Morgan fingerprint density at radius 2 is 1.69 bits per heavy atom. The van der Waals surface area contributed by atoms with Gasteiger partial charge in [-0.15, -0.1) is 0 Å². The monoisotopic (exact) mass is 454 g/mol. The van der Waals surface area contributed by atoms with E-state index in [4.69, 9.17) is 0 Å². The molecule has 0 fully saturated rings. The SMILES string of the molecule is Fc1cc(OC(F)F)cc(F)c1C1=Nc2cn[nH]c2-c2cc(C(F)(F)F)cc3[nH]cc1c23. The molecule has 0 saturated heterocycles. The maximum Gasteiger partial charge on any atom is 0.416 e. The Labute approximate surface area is 173 Å². The molecule has 0 bridgehead atoms. The minimum absolute atomic E-state index is 0.0449. The summed E-state index contributed by atoms with van der Waals surface area (Å²) in [5.41, 5.74) is -1.44. The van der Waals surface area contributed by atoms with Crippen molar-refractivity contribution in [3.63, 3.8) is 0 Å². The molecule has 0 unspecified atom stereocenters. The largest absolute Gasteiger partial charge is 0.435 e. The van der Waals surface area contributed by atoms with E-state index in [2.05, 4.69) is 24.9 Å². The molecule has 2 aromatic carbocycles. The van der Waals surface area contributed by atoms with Crippen LogP contribution < -0.4 is 4.74 Å². The molecule has 164 valence electrons. The third-order valence-electron chi connectivity index (χ3n) is 4.96. The van der Waals surface area contributed by atoms with Crippen LogP contribution in [0.4, 0.5) is 36.4 Å². The van der Waals surface area contributed by atoms with Crippen LogP contribution in [0.25, 0.3) is 22.2 Å². The molecule has 0 spiro atoms. The predicted octanol–water partition coefficient (Wildman–Crippen LogP) is 5.94. The van der Waals surface area contributed by atoms with Gasteiger partial charge in [0.05, 0.1) is 28.7 Å². The molecule has 0 amide bonds. The second-order valence-corrected chi connectivity index (χ2v) is 6.88. The zero-order valence-corrected chi connectivity index (χ0v) is 15.5. The van der Waals surface area contributed by atoms with Gasteiger partial charge < -0.3 is 9.72 Å². The van der Waals surface area contributed by atoms with Gasteiger partial charge in [-0.2, -0.15) is 27.1 Å². The number of H-pyrrole nitrogens is 2. The van der Waals surface area contributed by atoms with Crippen LogP contribution in [0.1, 0.15) is 16.7 Å². The van der Waals surface area contributed by atoms with Crippen molar-refractivity contribution >= 4 is 22.3 Å². The van der Waals surface area contributed by atoms with E-state index in [-0.39, 0.29) is 39.1 Å². The van der Waals surface area contributed by atoms with Crippen LogP contribution in [0.15, 0.2) is 41.7 Å². The quantitative estimate of drug-likeness (QED) is 0.332. The number of ether oxygens (including phenoxy) is 1. The molecule has 1 aliphatic rings. The fourth-order valence-electron chi connectivity index (χ4n) is 3.70. The summed E-state index contributed by atoms with van der Waals surface area (Å²) < 4.78 is 98.8. The number of halogens is 7. The Balaban J connectivity index is 1.79. The van der Waals surface area contributed by atoms with Crippen LogP contribution in [0.2, 0.25) is 0 Å². The molecule has 2 N–H and O–H groups in total. The summed E-state index contributed by atoms with van der Waals surface area (Å²) in [5.74, 6) is -3.21. The smallest absolute Gasteiger partial charge is 0.416 e. The number of nitrogens with one attached hydrogen (secondary N) is 2. The van der Waals surface area contributed by atoms with E-state index in [1.165, 1.54) is 12.4 Å². The van der Waals surface area contributed by atoms with Crippen LogP contribution in [-0.4, -0.2) is 27.5 Å². The van der Waals surface area contributed by atoms with Crippen LogP contribution in [0.5, 0.6) is 5.75 Å². The lowest BCUT2D eigenvalue weighted by molar-refractivity contribution is -0.137. The molecule has 5 rings (SSSR count). The maximum atomic E-state index is 14.8. The number of aromatic nitrogens is 3. The van der Waals surface area contributed by atoms with Crippen LogP contribution >= 0.6 is 0 Å². The number of alkyl halides is 5. The van der Waals surface area contributed by atoms with Crippen molar-refractivity contribution in [2.75, 3.05) is 0 Å². The first kappa shape index (κ1) is 20.1. The molecule has 0 atom stereocenters. The highest BCUT2D eigenvalue weighted by atomic mass is 19.4. The highest BCUT2D eigenvalue weighted by molar-refractivity contribution is 6.24. The lowest BCUT2D eigenvalue weighted by Gasteiger charge is -2.12. The lowest BCUT2D eigenvalue weighted by Crippen LogP contribution is -2.10. The first-order valence-corrected chi connectivity index (χ1v) is 8.93. The van der Waals surface area contributed by atoms with E-state index in [9.17, 15) is 30.7 Å². The average molecular weight is 454 g/mol. The first-order valence-electron chi connectivity index (χ1n) is 8.93. The van der Waals surface area contributed by atoms with Gasteiger partial charge in [-0.3, -0.25) is 5.10 Å². The third-order valence-corrected chi connectivity index (χ3v) is 4.96. The van der Waals surface area contributed by atoms with Crippen LogP contribution in [-0.2, 0) is 6.18 Å². The number of fused-ring (bicyclic) bond motifs is 2. The fourth-order valence-corrected chi connectivity index (χ4v) is 3.70. The zero-order chi connectivity index (χ0) is 22.8. The highest BCUT2D eigenvalue weighted by Crippen LogP contribution is 2.43. The van der Waals surface area contributed by atoms with E-state index in [0.717, 1.165) is 12.1 Å². The summed E-state index contributed by atoms with van der Waals surface area (Å²) in [6.45, 7) is -3.29.